The normalized spacial score (nSPS) is 17.1. The minimum Gasteiger partial charge on any atom is -0.348 e. The number of sulfonamides is 1. The molecule has 2 fully saturated rings. The zero-order chi connectivity index (χ0) is 25.0. The van der Waals surface area contributed by atoms with Gasteiger partial charge >= 0.3 is 0 Å². The lowest BCUT2D eigenvalue weighted by atomic mass is 10.1. The van der Waals surface area contributed by atoms with Crippen LogP contribution in [0.1, 0.15) is 47.3 Å². The summed E-state index contributed by atoms with van der Waals surface area (Å²) in [6.07, 6.45) is 6.90. The van der Waals surface area contributed by atoms with Gasteiger partial charge in [-0.25, -0.2) is 18.8 Å². The number of thiazole rings is 1. The lowest BCUT2D eigenvalue weighted by molar-refractivity contribution is 0.0955. The van der Waals surface area contributed by atoms with Crippen molar-refractivity contribution >= 4 is 38.6 Å². The highest BCUT2D eigenvalue weighted by atomic mass is 32.2. The molecule has 2 aromatic carbocycles. The van der Waals surface area contributed by atoms with E-state index in [1.165, 1.54) is 22.9 Å². The molecule has 0 aliphatic carbocycles. The first kappa shape index (κ1) is 24.6. The summed E-state index contributed by atoms with van der Waals surface area (Å²) in [5.41, 5.74) is 4.62. The molecule has 0 atom stereocenters. The zero-order valence-electron chi connectivity index (χ0n) is 20.0. The standard InChI is InChI=1S/C26H29N5O3S2/c32-25(21-12-9-13-22(18-21)36(33,34)31-16-7-8-17-31)29-27-19-23-24(20-10-3-1-4-11-20)28-26(35-23)30-14-5-2-6-15-30/h1,3-4,9-13,18-19H,2,5-8,14-17H2,(H,29,32). The molecule has 10 heteroatoms. The van der Waals surface area contributed by atoms with Crippen molar-refractivity contribution in [1.29, 1.82) is 0 Å². The molecule has 0 unspecified atom stereocenters. The van der Waals surface area contributed by atoms with Crippen LogP contribution >= 0.6 is 11.3 Å². The van der Waals surface area contributed by atoms with Gasteiger partial charge < -0.3 is 4.90 Å². The topological polar surface area (TPSA) is 95.0 Å². The third-order valence-corrected chi connectivity index (χ3v) is 9.41. The molecule has 188 valence electrons. The molecular formula is C26H29N5O3S2. The van der Waals surface area contributed by atoms with E-state index in [2.05, 4.69) is 15.4 Å². The van der Waals surface area contributed by atoms with Crippen molar-refractivity contribution in [1.82, 2.24) is 14.7 Å². The van der Waals surface area contributed by atoms with Crippen molar-refractivity contribution in [3.05, 3.63) is 65.0 Å². The Labute approximate surface area is 215 Å². The quantitative estimate of drug-likeness (QED) is 0.367. The molecule has 0 radical (unpaired) electrons. The van der Waals surface area contributed by atoms with E-state index in [4.69, 9.17) is 4.98 Å². The summed E-state index contributed by atoms with van der Waals surface area (Å²) in [6.45, 7) is 3.01. The lowest BCUT2D eigenvalue weighted by Crippen LogP contribution is -2.29. The van der Waals surface area contributed by atoms with E-state index in [-0.39, 0.29) is 10.5 Å². The molecule has 36 heavy (non-hydrogen) atoms. The molecule has 3 aromatic rings. The maximum Gasteiger partial charge on any atom is 0.271 e. The maximum absolute atomic E-state index is 12.9. The molecule has 0 saturated carbocycles. The summed E-state index contributed by atoms with van der Waals surface area (Å²) in [4.78, 5) is 21.0. The van der Waals surface area contributed by atoms with E-state index in [9.17, 15) is 13.2 Å². The monoisotopic (exact) mass is 523 g/mol. The Morgan fingerprint density at radius 1 is 0.944 bits per heavy atom. The Kier molecular flexibility index (Phi) is 7.45. The third-order valence-electron chi connectivity index (χ3n) is 6.46. The molecule has 1 N–H and O–H groups in total. The van der Waals surface area contributed by atoms with Crippen molar-refractivity contribution in [3.8, 4) is 11.3 Å². The molecule has 2 aliphatic rings. The second kappa shape index (κ2) is 10.9. The molecule has 5 rings (SSSR count). The van der Waals surface area contributed by atoms with Gasteiger partial charge in [-0.1, -0.05) is 47.7 Å². The predicted molar refractivity (Wildman–Crippen MR) is 143 cm³/mol. The number of piperidine rings is 1. The minimum atomic E-state index is -3.60. The fourth-order valence-electron chi connectivity index (χ4n) is 4.52. The van der Waals surface area contributed by atoms with Crippen LogP contribution in [0.15, 0.2) is 64.6 Å². The number of nitrogens with one attached hydrogen (secondary N) is 1. The summed E-state index contributed by atoms with van der Waals surface area (Å²) in [6, 6.07) is 16.0. The number of nitrogens with zero attached hydrogens (tertiary/aromatic N) is 4. The minimum absolute atomic E-state index is 0.126. The summed E-state index contributed by atoms with van der Waals surface area (Å²) in [5, 5.41) is 5.16. The summed E-state index contributed by atoms with van der Waals surface area (Å²) >= 11 is 1.56. The van der Waals surface area contributed by atoms with Gasteiger partial charge in [-0.2, -0.15) is 9.41 Å². The number of hydrogen-bond donors (Lipinski definition) is 1. The van der Waals surface area contributed by atoms with Crippen LogP contribution in [0.3, 0.4) is 0 Å². The first-order chi connectivity index (χ1) is 17.5. The number of benzene rings is 2. The van der Waals surface area contributed by atoms with Gasteiger partial charge in [0.1, 0.15) is 0 Å². The highest BCUT2D eigenvalue weighted by Gasteiger charge is 2.27. The molecule has 1 aromatic heterocycles. The largest absolute Gasteiger partial charge is 0.348 e. The number of anilines is 1. The maximum atomic E-state index is 12.9. The molecule has 3 heterocycles. The van der Waals surface area contributed by atoms with Gasteiger partial charge in [0.15, 0.2) is 5.13 Å². The molecule has 0 spiro atoms. The van der Waals surface area contributed by atoms with Gasteiger partial charge in [-0.3, -0.25) is 4.79 Å². The third kappa shape index (κ3) is 5.35. The molecule has 1 amide bonds. The molecule has 2 aliphatic heterocycles. The van der Waals surface area contributed by atoms with Crippen LogP contribution in [-0.2, 0) is 10.0 Å². The van der Waals surface area contributed by atoms with Gasteiger partial charge in [0.05, 0.1) is 21.7 Å². The van der Waals surface area contributed by atoms with Crippen molar-refractivity contribution in [2.24, 2.45) is 5.10 Å². The number of carbonyl (C=O) groups excluding carboxylic acids is 1. The van der Waals surface area contributed by atoms with E-state index in [0.717, 1.165) is 60.0 Å². The van der Waals surface area contributed by atoms with Gasteiger partial charge in [-0.15, -0.1) is 0 Å². The van der Waals surface area contributed by atoms with E-state index >= 15 is 0 Å². The molecule has 0 bridgehead atoms. The molecular weight excluding hydrogens is 494 g/mol. The number of rotatable bonds is 7. The SMILES string of the molecule is O=C(NN=Cc1sc(N2CCCCC2)nc1-c1ccccc1)c1cccc(S(=O)(=O)N2CCCC2)c1. The van der Waals surface area contributed by atoms with E-state index < -0.39 is 15.9 Å². The van der Waals surface area contributed by atoms with Crippen LogP contribution in [-0.4, -0.2) is 56.0 Å². The summed E-state index contributed by atoms with van der Waals surface area (Å²) in [5.74, 6) is -0.466. The van der Waals surface area contributed by atoms with Crippen molar-refractivity contribution < 1.29 is 13.2 Å². The van der Waals surface area contributed by atoms with Gasteiger partial charge in [0, 0.05) is 37.3 Å². The summed E-state index contributed by atoms with van der Waals surface area (Å²) < 4.78 is 27.2. The van der Waals surface area contributed by atoms with Crippen LogP contribution in [0, 0.1) is 0 Å². The predicted octanol–water partition coefficient (Wildman–Crippen LogP) is 4.35. The fourth-order valence-corrected chi connectivity index (χ4v) is 7.09. The van der Waals surface area contributed by atoms with Crippen LogP contribution in [0.2, 0.25) is 0 Å². The Balaban J connectivity index is 1.34. The first-order valence-corrected chi connectivity index (χ1v) is 14.5. The zero-order valence-corrected chi connectivity index (χ0v) is 21.6. The van der Waals surface area contributed by atoms with Crippen molar-refractivity contribution in [3.63, 3.8) is 0 Å². The first-order valence-electron chi connectivity index (χ1n) is 12.3. The van der Waals surface area contributed by atoms with Gasteiger partial charge in [0.25, 0.3) is 5.91 Å². The second-order valence-electron chi connectivity index (χ2n) is 8.96. The number of aromatic nitrogens is 1. The Morgan fingerprint density at radius 3 is 2.42 bits per heavy atom. The smallest absolute Gasteiger partial charge is 0.271 e. The average Bonchev–Trinajstić information content (AvgIpc) is 3.61. The average molecular weight is 524 g/mol. The number of amides is 1. The fraction of sp³-hybridized carbons (Fsp3) is 0.346. The highest BCUT2D eigenvalue weighted by Crippen LogP contribution is 2.33. The Hall–Kier alpha value is -3.08. The van der Waals surface area contributed by atoms with Crippen LogP contribution in [0.4, 0.5) is 5.13 Å². The highest BCUT2D eigenvalue weighted by molar-refractivity contribution is 7.89. The van der Waals surface area contributed by atoms with Crippen molar-refractivity contribution in [2.45, 2.75) is 37.0 Å². The van der Waals surface area contributed by atoms with E-state index in [1.807, 2.05) is 30.3 Å². The van der Waals surface area contributed by atoms with Crippen molar-refractivity contribution in [2.75, 3.05) is 31.1 Å². The van der Waals surface area contributed by atoms with E-state index in [1.54, 1.807) is 29.7 Å². The Morgan fingerprint density at radius 2 is 1.67 bits per heavy atom. The van der Waals surface area contributed by atoms with Crippen LogP contribution in [0.5, 0.6) is 0 Å². The van der Waals surface area contributed by atoms with Gasteiger partial charge in [0.2, 0.25) is 10.0 Å². The number of hydrogen-bond acceptors (Lipinski definition) is 7. The van der Waals surface area contributed by atoms with Crippen LogP contribution < -0.4 is 10.3 Å². The second-order valence-corrected chi connectivity index (χ2v) is 11.9. The Bertz CT molecular complexity index is 1340. The molecule has 8 nitrogen and oxygen atoms in total. The summed E-state index contributed by atoms with van der Waals surface area (Å²) in [7, 11) is -3.60. The molecule has 2 saturated heterocycles. The van der Waals surface area contributed by atoms with Crippen LogP contribution in [0.25, 0.3) is 11.3 Å². The number of hydrazone groups is 1. The van der Waals surface area contributed by atoms with Gasteiger partial charge in [-0.05, 0) is 50.3 Å². The number of carbonyl (C=O) groups is 1. The lowest BCUT2D eigenvalue weighted by Gasteiger charge is -2.25. The van der Waals surface area contributed by atoms with E-state index in [0.29, 0.717) is 13.1 Å².